The number of fused-ring (bicyclic) bond motifs is 1. The average Bonchev–Trinajstić information content (AvgIpc) is 3.65. The largest absolute Gasteiger partial charge is 0.381 e. The Morgan fingerprint density at radius 2 is 1.67 bits per heavy atom. The van der Waals surface area contributed by atoms with E-state index >= 15 is 0 Å². The molecule has 0 bridgehead atoms. The standard InChI is InChI=1S/C33H30N8O5/c1-18-16-25-29(28(34-18)31(43)35-22-7-5-6-21(17-22)30(42)36-26-14-15-38(3)37-26)40(23-12-13-23)41(32(25)44)24-10-8-20(9-11-24)27-19(2)46-39(4)33(27)45/h5-11,14-17,23H,12-13H2,1-4H3,(H,35,43)(H,36,37,42). The number of carbonyl (C=O) groups excluding carboxylic acids is 2. The zero-order valence-electron chi connectivity index (χ0n) is 25.6. The molecule has 13 nitrogen and oxygen atoms in total. The predicted octanol–water partition coefficient (Wildman–Crippen LogP) is 4.34. The number of aromatic nitrogens is 6. The Kier molecular flexibility index (Phi) is 6.80. The van der Waals surface area contributed by atoms with Crippen LogP contribution in [0.15, 0.2) is 81.0 Å². The molecule has 2 N–H and O–H groups in total. The maximum atomic E-state index is 14.0. The van der Waals surface area contributed by atoms with Gasteiger partial charge in [0.1, 0.15) is 11.3 Å². The van der Waals surface area contributed by atoms with Crippen LogP contribution in [-0.4, -0.2) is 40.7 Å². The van der Waals surface area contributed by atoms with E-state index < -0.39 is 5.91 Å². The number of rotatable bonds is 7. The number of amides is 2. The Bertz CT molecular complexity index is 2300. The van der Waals surface area contributed by atoms with E-state index in [1.807, 2.05) is 4.68 Å². The summed E-state index contributed by atoms with van der Waals surface area (Å²) in [6.45, 7) is 3.47. The van der Waals surface area contributed by atoms with E-state index in [0.29, 0.717) is 56.2 Å². The van der Waals surface area contributed by atoms with Gasteiger partial charge in [-0.25, -0.2) is 9.67 Å². The number of benzene rings is 2. The van der Waals surface area contributed by atoms with Crippen LogP contribution < -0.4 is 21.8 Å². The van der Waals surface area contributed by atoms with E-state index in [0.717, 1.165) is 12.8 Å². The van der Waals surface area contributed by atoms with Crippen molar-refractivity contribution in [1.82, 2.24) is 28.9 Å². The normalized spacial score (nSPS) is 12.9. The molecule has 2 amide bonds. The molecule has 1 fully saturated rings. The van der Waals surface area contributed by atoms with Crippen LogP contribution in [0.25, 0.3) is 27.7 Å². The maximum Gasteiger partial charge on any atom is 0.290 e. The molecule has 4 heterocycles. The van der Waals surface area contributed by atoms with E-state index in [1.165, 1.54) is 4.74 Å². The van der Waals surface area contributed by atoms with E-state index in [4.69, 9.17) is 4.52 Å². The summed E-state index contributed by atoms with van der Waals surface area (Å²) < 4.78 is 11.6. The van der Waals surface area contributed by atoms with Gasteiger partial charge < -0.3 is 15.2 Å². The van der Waals surface area contributed by atoms with Gasteiger partial charge in [-0.2, -0.15) is 9.84 Å². The summed E-state index contributed by atoms with van der Waals surface area (Å²) in [5.41, 5.74) is 2.98. The summed E-state index contributed by atoms with van der Waals surface area (Å²) in [4.78, 5) is 57.8. The molecular weight excluding hydrogens is 588 g/mol. The summed E-state index contributed by atoms with van der Waals surface area (Å²) in [5, 5.41) is 10.1. The molecule has 4 aromatic heterocycles. The first-order chi connectivity index (χ1) is 22.1. The van der Waals surface area contributed by atoms with Crippen molar-refractivity contribution in [2.24, 2.45) is 14.1 Å². The Labute approximate surface area is 261 Å². The topological polar surface area (TPSA) is 151 Å². The van der Waals surface area contributed by atoms with Crippen LogP contribution in [0.2, 0.25) is 0 Å². The number of nitrogens with zero attached hydrogens (tertiary/aromatic N) is 6. The van der Waals surface area contributed by atoms with Crippen molar-refractivity contribution in [1.29, 1.82) is 0 Å². The first kappa shape index (κ1) is 28.8. The van der Waals surface area contributed by atoms with Gasteiger partial charge in [-0.15, -0.1) is 0 Å². The lowest BCUT2D eigenvalue weighted by molar-refractivity contribution is 0.101. The monoisotopic (exact) mass is 618 g/mol. The van der Waals surface area contributed by atoms with Crippen LogP contribution in [0.3, 0.4) is 0 Å². The Morgan fingerprint density at radius 3 is 2.33 bits per heavy atom. The molecule has 0 saturated heterocycles. The van der Waals surface area contributed by atoms with E-state index in [-0.39, 0.29) is 28.8 Å². The van der Waals surface area contributed by atoms with Crippen LogP contribution >= 0.6 is 0 Å². The molecule has 0 atom stereocenters. The van der Waals surface area contributed by atoms with Crippen LogP contribution in [0.1, 0.15) is 51.2 Å². The van der Waals surface area contributed by atoms with Gasteiger partial charge in [0, 0.05) is 43.3 Å². The predicted molar refractivity (Wildman–Crippen MR) is 172 cm³/mol. The van der Waals surface area contributed by atoms with Crippen LogP contribution in [-0.2, 0) is 14.1 Å². The molecule has 6 aromatic rings. The number of hydrogen-bond acceptors (Lipinski definition) is 7. The molecule has 0 aliphatic heterocycles. The highest BCUT2D eigenvalue weighted by Gasteiger charge is 2.33. The SMILES string of the molecule is Cc1cc2c(=O)n(-c3ccc(-c4c(C)on(C)c4=O)cc3)n(C3CC3)c2c(C(=O)Nc2cccc(C(=O)Nc3ccn(C)n3)c2)n1. The second-order valence-electron chi connectivity index (χ2n) is 11.4. The number of hydrogen-bond donors (Lipinski definition) is 2. The van der Waals surface area contributed by atoms with Gasteiger partial charge in [-0.3, -0.25) is 28.5 Å². The quantitative estimate of drug-likeness (QED) is 0.270. The number of pyridine rings is 1. The summed E-state index contributed by atoms with van der Waals surface area (Å²) in [6.07, 6.45) is 3.40. The minimum absolute atomic E-state index is 0.00275. The lowest BCUT2D eigenvalue weighted by Crippen LogP contribution is -2.21. The summed E-state index contributed by atoms with van der Waals surface area (Å²) in [5.74, 6) is 0.0245. The van der Waals surface area contributed by atoms with Crippen molar-refractivity contribution in [2.75, 3.05) is 10.6 Å². The summed E-state index contributed by atoms with van der Waals surface area (Å²) in [7, 11) is 3.31. The van der Waals surface area contributed by atoms with Gasteiger partial charge in [0.15, 0.2) is 11.5 Å². The lowest BCUT2D eigenvalue weighted by Gasteiger charge is -2.14. The zero-order valence-corrected chi connectivity index (χ0v) is 25.6. The molecule has 1 aliphatic rings. The third-order valence-corrected chi connectivity index (χ3v) is 7.96. The van der Waals surface area contributed by atoms with E-state index in [2.05, 4.69) is 20.7 Å². The minimum atomic E-state index is -0.510. The van der Waals surface area contributed by atoms with Gasteiger partial charge in [0.25, 0.3) is 22.9 Å². The number of aryl methyl sites for hydroxylation is 4. The molecule has 232 valence electrons. The first-order valence-electron chi connectivity index (χ1n) is 14.7. The molecule has 2 aromatic carbocycles. The zero-order chi connectivity index (χ0) is 32.3. The van der Waals surface area contributed by atoms with E-state index in [1.54, 1.807) is 104 Å². The Hall–Kier alpha value is -5.98. The van der Waals surface area contributed by atoms with Crippen molar-refractivity contribution in [3.05, 3.63) is 110 Å². The van der Waals surface area contributed by atoms with Crippen molar-refractivity contribution >= 4 is 34.2 Å². The average molecular weight is 619 g/mol. The third kappa shape index (κ3) is 5.01. The third-order valence-electron chi connectivity index (χ3n) is 7.96. The molecule has 0 spiro atoms. The molecule has 1 saturated carbocycles. The molecule has 0 radical (unpaired) electrons. The molecule has 46 heavy (non-hydrogen) atoms. The van der Waals surface area contributed by atoms with Gasteiger partial charge in [-0.05, 0) is 68.7 Å². The molecular formula is C33H30N8O5. The molecule has 1 aliphatic carbocycles. The summed E-state index contributed by atoms with van der Waals surface area (Å²) >= 11 is 0. The van der Waals surface area contributed by atoms with Gasteiger partial charge in [-0.1, -0.05) is 18.2 Å². The number of anilines is 2. The Balaban J connectivity index is 1.25. The van der Waals surface area contributed by atoms with Gasteiger partial charge >= 0.3 is 0 Å². The smallest absolute Gasteiger partial charge is 0.290 e. The van der Waals surface area contributed by atoms with Crippen molar-refractivity contribution in [3.8, 4) is 16.8 Å². The molecule has 0 unspecified atom stereocenters. The van der Waals surface area contributed by atoms with Crippen LogP contribution in [0.5, 0.6) is 0 Å². The highest BCUT2D eigenvalue weighted by Crippen LogP contribution is 2.38. The molecule has 13 heteroatoms. The second-order valence-corrected chi connectivity index (χ2v) is 11.4. The highest BCUT2D eigenvalue weighted by molar-refractivity contribution is 6.11. The summed E-state index contributed by atoms with van der Waals surface area (Å²) in [6, 6.07) is 17.1. The van der Waals surface area contributed by atoms with Gasteiger partial charge in [0.05, 0.1) is 22.7 Å². The van der Waals surface area contributed by atoms with Crippen molar-refractivity contribution < 1.29 is 14.1 Å². The highest BCUT2D eigenvalue weighted by atomic mass is 16.5. The number of nitrogens with one attached hydrogen (secondary N) is 2. The molecule has 7 rings (SSSR count). The fourth-order valence-corrected chi connectivity index (χ4v) is 5.73. The fraction of sp³-hybridized carbons (Fsp3) is 0.212. The maximum absolute atomic E-state index is 14.0. The van der Waals surface area contributed by atoms with Gasteiger partial charge in [0.2, 0.25) is 0 Å². The lowest BCUT2D eigenvalue weighted by atomic mass is 10.1. The number of carbonyl (C=O) groups is 2. The van der Waals surface area contributed by atoms with Crippen LogP contribution in [0.4, 0.5) is 11.5 Å². The van der Waals surface area contributed by atoms with E-state index in [9.17, 15) is 19.2 Å². The van der Waals surface area contributed by atoms with Crippen molar-refractivity contribution in [2.45, 2.75) is 32.7 Å². The first-order valence-corrected chi connectivity index (χ1v) is 14.7. The Morgan fingerprint density at radius 1 is 0.913 bits per heavy atom. The second kappa shape index (κ2) is 10.9. The van der Waals surface area contributed by atoms with Crippen LogP contribution in [0, 0.1) is 13.8 Å². The minimum Gasteiger partial charge on any atom is -0.381 e. The fourth-order valence-electron chi connectivity index (χ4n) is 5.73. The van der Waals surface area contributed by atoms with Crippen molar-refractivity contribution in [3.63, 3.8) is 0 Å².